The van der Waals surface area contributed by atoms with Crippen LogP contribution in [0, 0.1) is 23.3 Å². The number of carbonyl (C=O) groups excluding carboxylic acids is 2. The normalized spacial score (nSPS) is 10.2. The Labute approximate surface area is 93.0 Å². The van der Waals surface area contributed by atoms with Crippen LogP contribution in [-0.4, -0.2) is 18.9 Å². The van der Waals surface area contributed by atoms with Gasteiger partial charge in [-0.1, -0.05) is 0 Å². The SMILES string of the molecule is COC(=O)c1c(F)c(F)c(C(C)=O)c(F)c1F. The number of hydrogen-bond donors (Lipinski definition) is 0. The number of Topliss-reactive ketones (excluding diaryl/α,β-unsaturated/α-hetero) is 1. The van der Waals surface area contributed by atoms with Crippen LogP contribution in [-0.2, 0) is 4.74 Å². The number of rotatable bonds is 2. The molecule has 0 fully saturated rings. The van der Waals surface area contributed by atoms with Crippen molar-refractivity contribution in [3.8, 4) is 0 Å². The zero-order valence-electron chi connectivity index (χ0n) is 8.74. The van der Waals surface area contributed by atoms with Gasteiger partial charge in [0.05, 0.1) is 12.7 Å². The lowest BCUT2D eigenvalue weighted by atomic mass is 10.1. The summed E-state index contributed by atoms with van der Waals surface area (Å²) in [4.78, 5) is 21.7. The van der Waals surface area contributed by atoms with E-state index in [4.69, 9.17) is 0 Å². The van der Waals surface area contributed by atoms with Crippen molar-refractivity contribution < 1.29 is 31.9 Å². The lowest BCUT2D eigenvalue weighted by molar-refractivity contribution is 0.0586. The highest BCUT2D eigenvalue weighted by Crippen LogP contribution is 2.25. The number of hydrogen-bond acceptors (Lipinski definition) is 3. The van der Waals surface area contributed by atoms with Gasteiger partial charge in [-0.2, -0.15) is 0 Å². The van der Waals surface area contributed by atoms with Crippen molar-refractivity contribution in [2.45, 2.75) is 6.92 Å². The van der Waals surface area contributed by atoms with Crippen molar-refractivity contribution in [1.82, 2.24) is 0 Å². The summed E-state index contributed by atoms with van der Waals surface area (Å²) < 4.78 is 57.0. The number of carbonyl (C=O) groups is 2. The van der Waals surface area contributed by atoms with Gasteiger partial charge in [0, 0.05) is 0 Å². The average Bonchev–Trinajstić information content (AvgIpc) is 2.26. The number of halogens is 4. The Kier molecular flexibility index (Phi) is 3.50. The molecule has 3 nitrogen and oxygen atoms in total. The summed E-state index contributed by atoms with van der Waals surface area (Å²) in [5.74, 6) is -10.5. The first-order valence-electron chi connectivity index (χ1n) is 4.28. The molecule has 0 aromatic heterocycles. The largest absolute Gasteiger partial charge is 0.465 e. The number of methoxy groups -OCH3 is 1. The molecule has 0 N–H and O–H groups in total. The van der Waals surface area contributed by atoms with E-state index in [1.807, 2.05) is 0 Å². The number of benzene rings is 1. The van der Waals surface area contributed by atoms with Crippen LogP contribution in [0.5, 0.6) is 0 Å². The summed E-state index contributed by atoms with van der Waals surface area (Å²) in [6.45, 7) is 0.734. The van der Waals surface area contributed by atoms with Gasteiger partial charge in [0.25, 0.3) is 0 Å². The van der Waals surface area contributed by atoms with Gasteiger partial charge in [-0.3, -0.25) is 4.79 Å². The molecule has 0 aliphatic carbocycles. The van der Waals surface area contributed by atoms with Crippen LogP contribution in [0.4, 0.5) is 17.6 Å². The Hall–Kier alpha value is -1.92. The van der Waals surface area contributed by atoms with E-state index in [9.17, 15) is 27.2 Å². The Balaban J connectivity index is 3.70. The van der Waals surface area contributed by atoms with E-state index in [1.54, 1.807) is 0 Å². The van der Waals surface area contributed by atoms with Crippen molar-refractivity contribution in [3.63, 3.8) is 0 Å². The van der Waals surface area contributed by atoms with Gasteiger partial charge >= 0.3 is 5.97 Å². The Morgan fingerprint density at radius 1 is 0.882 bits per heavy atom. The highest BCUT2D eigenvalue weighted by molar-refractivity contribution is 5.97. The van der Waals surface area contributed by atoms with Gasteiger partial charge in [0.15, 0.2) is 29.1 Å². The molecule has 0 heterocycles. The second-order valence-electron chi connectivity index (χ2n) is 3.05. The standard InChI is InChI=1S/C10H6F4O3/c1-3(15)4-6(11)8(13)5(10(16)17-2)9(14)7(4)12/h1-2H3. The summed E-state index contributed by atoms with van der Waals surface area (Å²) in [7, 11) is 0.788. The summed E-state index contributed by atoms with van der Waals surface area (Å²) in [6, 6.07) is 0. The zero-order valence-corrected chi connectivity index (χ0v) is 8.74. The summed E-state index contributed by atoms with van der Waals surface area (Å²) in [5.41, 5.74) is -2.87. The molecular formula is C10H6F4O3. The van der Waals surface area contributed by atoms with Crippen molar-refractivity contribution in [1.29, 1.82) is 0 Å². The molecule has 0 unspecified atom stereocenters. The third-order valence-corrected chi connectivity index (χ3v) is 2.00. The van der Waals surface area contributed by atoms with Crippen LogP contribution in [0.3, 0.4) is 0 Å². The maximum Gasteiger partial charge on any atom is 0.344 e. The topological polar surface area (TPSA) is 43.4 Å². The molecule has 1 aromatic carbocycles. The second kappa shape index (κ2) is 4.52. The number of ketones is 1. The fraction of sp³-hybridized carbons (Fsp3) is 0.200. The molecule has 0 saturated heterocycles. The van der Waals surface area contributed by atoms with Crippen LogP contribution >= 0.6 is 0 Å². The monoisotopic (exact) mass is 250 g/mol. The van der Waals surface area contributed by atoms with Crippen LogP contribution in [0.2, 0.25) is 0 Å². The molecule has 0 aliphatic heterocycles. The third kappa shape index (κ3) is 2.00. The fourth-order valence-electron chi connectivity index (χ4n) is 1.22. The Bertz CT molecular complexity index is 482. The molecule has 0 aliphatic rings. The van der Waals surface area contributed by atoms with Crippen LogP contribution in [0.1, 0.15) is 27.6 Å². The molecule has 7 heteroatoms. The van der Waals surface area contributed by atoms with E-state index >= 15 is 0 Å². The first-order chi connectivity index (χ1) is 7.82. The number of ether oxygens (including phenoxy) is 1. The minimum absolute atomic E-state index is 0.734. The molecule has 0 amide bonds. The highest BCUT2D eigenvalue weighted by Gasteiger charge is 2.31. The molecule has 1 rings (SSSR count). The second-order valence-corrected chi connectivity index (χ2v) is 3.05. The first-order valence-corrected chi connectivity index (χ1v) is 4.28. The molecule has 0 radical (unpaired) electrons. The van der Waals surface area contributed by atoms with E-state index in [0.29, 0.717) is 0 Å². The third-order valence-electron chi connectivity index (χ3n) is 2.00. The van der Waals surface area contributed by atoms with Crippen molar-refractivity contribution in [2.24, 2.45) is 0 Å². The van der Waals surface area contributed by atoms with Gasteiger partial charge in [-0.25, -0.2) is 22.4 Å². The van der Waals surface area contributed by atoms with Crippen LogP contribution < -0.4 is 0 Å². The summed E-state index contributed by atoms with van der Waals surface area (Å²) >= 11 is 0. The van der Waals surface area contributed by atoms with Gasteiger partial charge < -0.3 is 4.74 Å². The van der Waals surface area contributed by atoms with Crippen LogP contribution in [0.25, 0.3) is 0 Å². The lowest BCUT2D eigenvalue weighted by Crippen LogP contribution is -2.16. The van der Waals surface area contributed by atoms with Gasteiger partial charge in [-0.15, -0.1) is 0 Å². The molecule has 0 saturated carbocycles. The molecule has 0 bridgehead atoms. The van der Waals surface area contributed by atoms with E-state index < -0.39 is 46.1 Å². The quantitative estimate of drug-likeness (QED) is 0.350. The van der Waals surface area contributed by atoms with Crippen LogP contribution in [0.15, 0.2) is 0 Å². The molecule has 1 aromatic rings. The fourth-order valence-corrected chi connectivity index (χ4v) is 1.22. The van der Waals surface area contributed by atoms with E-state index in [2.05, 4.69) is 4.74 Å². The molecule has 0 atom stereocenters. The molecule has 92 valence electrons. The smallest absolute Gasteiger partial charge is 0.344 e. The minimum atomic E-state index is -1.96. The van der Waals surface area contributed by atoms with E-state index in [1.165, 1.54) is 0 Å². The predicted octanol–water partition coefficient (Wildman–Crippen LogP) is 2.23. The maximum absolute atomic E-state index is 13.3. The summed E-state index contributed by atoms with van der Waals surface area (Å²) in [6.07, 6.45) is 0. The molecule has 0 spiro atoms. The lowest BCUT2D eigenvalue weighted by Gasteiger charge is -2.08. The van der Waals surface area contributed by atoms with Crippen molar-refractivity contribution in [2.75, 3.05) is 7.11 Å². The molecular weight excluding hydrogens is 244 g/mol. The first kappa shape index (κ1) is 13.1. The van der Waals surface area contributed by atoms with Gasteiger partial charge in [0.2, 0.25) is 0 Å². The van der Waals surface area contributed by atoms with Crippen molar-refractivity contribution in [3.05, 3.63) is 34.4 Å². The highest BCUT2D eigenvalue weighted by atomic mass is 19.2. The summed E-state index contributed by atoms with van der Waals surface area (Å²) in [5, 5.41) is 0. The maximum atomic E-state index is 13.3. The van der Waals surface area contributed by atoms with E-state index in [0.717, 1.165) is 14.0 Å². The molecule has 17 heavy (non-hydrogen) atoms. The van der Waals surface area contributed by atoms with Gasteiger partial charge in [-0.05, 0) is 6.92 Å². The zero-order chi connectivity index (χ0) is 13.3. The average molecular weight is 250 g/mol. The Morgan fingerprint density at radius 3 is 1.53 bits per heavy atom. The minimum Gasteiger partial charge on any atom is -0.465 e. The predicted molar refractivity (Wildman–Crippen MR) is 47.6 cm³/mol. The van der Waals surface area contributed by atoms with E-state index in [-0.39, 0.29) is 0 Å². The van der Waals surface area contributed by atoms with Gasteiger partial charge in [0.1, 0.15) is 5.56 Å². The van der Waals surface area contributed by atoms with Crippen molar-refractivity contribution >= 4 is 11.8 Å². The Morgan fingerprint density at radius 2 is 1.24 bits per heavy atom. The number of esters is 1.